The molecule has 0 radical (unpaired) electrons. The Balaban J connectivity index is 1.90. The second-order valence-electron chi connectivity index (χ2n) is 5.80. The van der Waals surface area contributed by atoms with Gasteiger partial charge in [-0.05, 0) is 43.9 Å². The van der Waals surface area contributed by atoms with Crippen LogP contribution in [0.5, 0.6) is 5.75 Å². The summed E-state index contributed by atoms with van der Waals surface area (Å²) in [5.41, 5.74) is 6.75. The predicted molar refractivity (Wildman–Crippen MR) is 79.6 cm³/mol. The van der Waals surface area contributed by atoms with Crippen molar-refractivity contribution in [2.24, 2.45) is 11.7 Å². The lowest BCUT2D eigenvalue weighted by molar-refractivity contribution is -0.126. The number of halogens is 2. The van der Waals surface area contributed by atoms with Crippen LogP contribution in [0.15, 0.2) is 24.3 Å². The number of benzene rings is 1. The van der Waals surface area contributed by atoms with Crippen LogP contribution in [0.1, 0.15) is 44.2 Å². The van der Waals surface area contributed by atoms with Gasteiger partial charge < -0.3 is 15.8 Å². The number of hydrogen-bond donors (Lipinski definition) is 2. The summed E-state index contributed by atoms with van der Waals surface area (Å²) in [5.74, 6) is 0.0822. The number of carbonyl (C=O) groups excluding carboxylic acids is 1. The van der Waals surface area contributed by atoms with E-state index in [4.69, 9.17) is 5.73 Å². The van der Waals surface area contributed by atoms with Crippen LogP contribution < -0.4 is 15.8 Å². The van der Waals surface area contributed by atoms with Crippen molar-refractivity contribution in [1.82, 2.24) is 5.32 Å². The van der Waals surface area contributed by atoms with E-state index in [9.17, 15) is 13.6 Å². The highest BCUT2D eigenvalue weighted by Gasteiger charge is 2.26. The molecule has 4 nitrogen and oxygen atoms in total. The Hall–Kier alpha value is -1.69. The lowest BCUT2D eigenvalue weighted by Crippen LogP contribution is -2.38. The van der Waals surface area contributed by atoms with Crippen molar-refractivity contribution in [2.45, 2.75) is 51.3 Å². The molecule has 6 heteroatoms. The molecule has 0 spiro atoms. The third kappa shape index (κ3) is 4.66. The largest absolute Gasteiger partial charge is 0.435 e. The smallest absolute Gasteiger partial charge is 0.387 e. The van der Waals surface area contributed by atoms with Gasteiger partial charge in [-0.3, -0.25) is 4.79 Å². The fraction of sp³-hybridized carbons (Fsp3) is 0.562. The van der Waals surface area contributed by atoms with Crippen molar-refractivity contribution < 1.29 is 18.3 Å². The lowest BCUT2D eigenvalue weighted by Gasteiger charge is -2.27. The molecule has 1 aromatic carbocycles. The zero-order valence-corrected chi connectivity index (χ0v) is 12.6. The van der Waals surface area contributed by atoms with Gasteiger partial charge in [0.25, 0.3) is 0 Å². The monoisotopic (exact) mass is 312 g/mol. The van der Waals surface area contributed by atoms with E-state index in [1.165, 1.54) is 12.1 Å². The van der Waals surface area contributed by atoms with Gasteiger partial charge in [-0.2, -0.15) is 8.78 Å². The van der Waals surface area contributed by atoms with Gasteiger partial charge >= 0.3 is 6.61 Å². The first-order chi connectivity index (χ1) is 10.5. The number of amides is 1. The summed E-state index contributed by atoms with van der Waals surface area (Å²) < 4.78 is 28.5. The minimum atomic E-state index is -2.83. The van der Waals surface area contributed by atoms with Crippen LogP contribution in [0, 0.1) is 5.92 Å². The SMILES string of the molecule is CC(NC(=O)C1CCCC(N)C1)c1ccc(OC(F)F)cc1. The zero-order chi connectivity index (χ0) is 16.1. The van der Waals surface area contributed by atoms with Crippen LogP contribution in [0.2, 0.25) is 0 Å². The third-order valence-corrected chi connectivity index (χ3v) is 4.05. The number of rotatable bonds is 5. The molecule has 1 aliphatic rings. The van der Waals surface area contributed by atoms with Crippen LogP contribution in [-0.4, -0.2) is 18.6 Å². The molecule has 3 N–H and O–H groups in total. The van der Waals surface area contributed by atoms with Crippen molar-refractivity contribution in [3.63, 3.8) is 0 Å². The molecule has 0 aromatic heterocycles. The van der Waals surface area contributed by atoms with Crippen LogP contribution in [0.4, 0.5) is 8.78 Å². The van der Waals surface area contributed by atoms with Crippen LogP contribution in [0.3, 0.4) is 0 Å². The third-order valence-electron chi connectivity index (χ3n) is 4.05. The molecule has 2 rings (SSSR count). The highest BCUT2D eigenvalue weighted by atomic mass is 19.3. The van der Waals surface area contributed by atoms with Gasteiger partial charge in [0.2, 0.25) is 5.91 Å². The van der Waals surface area contributed by atoms with Gasteiger partial charge in [0.05, 0.1) is 6.04 Å². The van der Waals surface area contributed by atoms with Crippen molar-refractivity contribution in [3.8, 4) is 5.75 Å². The average molecular weight is 312 g/mol. The van der Waals surface area contributed by atoms with Gasteiger partial charge in [0, 0.05) is 12.0 Å². The van der Waals surface area contributed by atoms with Crippen LogP contribution >= 0.6 is 0 Å². The molecule has 22 heavy (non-hydrogen) atoms. The molecule has 3 atom stereocenters. The molecule has 3 unspecified atom stereocenters. The average Bonchev–Trinajstić information content (AvgIpc) is 2.47. The zero-order valence-electron chi connectivity index (χ0n) is 12.6. The molecule has 0 aliphatic heterocycles. The topological polar surface area (TPSA) is 64.4 Å². The first-order valence-electron chi connectivity index (χ1n) is 7.56. The quantitative estimate of drug-likeness (QED) is 0.878. The van der Waals surface area contributed by atoms with Gasteiger partial charge in [0.1, 0.15) is 5.75 Å². The van der Waals surface area contributed by atoms with E-state index in [0.717, 1.165) is 31.2 Å². The van der Waals surface area contributed by atoms with Gasteiger partial charge in [-0.1, -0.05) is 18.6 Å². The minimum absolute atomic E-state index is 0.00977. The van der Waals surface area contributed by atoms with Crippen LogP contribution in [-0.2, 0) is 4.79 Å². The summed E-state index contributed by atoms with van der Waals surface area (Å²) in [4.78, 5) is 12.2. The van der Waals surface area contributed by atoms with Crippen LogP contribution in [0.25, 0.3) is 0 Å². The van der Waals surface area contributed by atoms with E-state index < -0.39 is 6.61 Å². The molecular formula is C16H22F2N2O2. The van der Waals surface area contributed by atoms with E-state index >= 15 is 0 Å². The van der Waals surface area contributed by atoms with Crippen molar-refractivity contribution >= 4 is 5.91 Å². The molecule has 122 valence electrons. The molecule has 1 aromatic rings. The van der Waals surface area contributed by atoms with E-state index in [2.05, 4.69) is 10.1 Å². The van der Waals surface area contributed by atoms with Gasteiger partial charge in [-0.25, -0.2) is 0 Å². The Morgan fingerprint density at radius 3 is 2.59 bits per heavy atom. The molecule has 0 saturated heterocycles. The predicted octanol–water partition coefficient (Wildman–Crippen LogP) is 2.98. The van der Waals surface area contributed by atoms with Gasteiger partial charge in [-0.15, -0.1) is 0 Å². The summed E-state index contributed by atoms with van der Waals surface area (Å²) in [6.45, 7) is -0.970. The normalized spacial score (nSPS) is 23.1. The summed E-state index contributed by atoms with van der Waals surface area (Å²) >= 11 is 0. The summed E-state index contributed by atoms with van der Waals surface area (Å²) in [7, 11) is 0. The molecule has 0 heterocycles. The Bertz CT molecular complexity index is 493. The number of hydrogen-bond acceptors (Lipinski definition) is 3. The maximum atomic E-state index is 12.2. The Labute approximate surface area is 129 Å². The molecule has 1 fully saturated rings. The van der Waals surface area contributed by atoms with Crippen molar-refractivity contribution in [1.29, 1.82) is 0 Å². The number of nitrogens with two attached hydrogens (primary N) is 1. The van der Waals surface area contributed by atoms with Gasteiger partial charge in [0.15, 0.2) is 0 Å². The summed E-state index contributed by atoms with van der Waals surface area (Å²) in [6, 6.07) is 6.21. The number of nitrogens with one attached hydrogen (secondary N) is 1. The Morgan fingerprint density at radius 2 is 2.00 bits per heavy atom. The maximum absolute atomic E-state index is 12.2. The summed E-state index contributed by atoms with van der Waals surface area (Å²) in [5, 5.41) is 2.96. The number of ether oxygens (including phenoxy) is 1. The van der Waals surface area contributed by atoms with Crippen molar-refractivity contribution in [2.75, 3.05) is 0 Å². The Morgan fingerprint density at radius 1 is 1.32 bits per heavy atom. The van der Waals surface area contributed by atoms with E-state index in [0.29, 0.717) is 0 Å². The number of alkyl halides is 2. The second kappa shape index (κ2) is 7.54. The van der Waals surface area contributed by atoms with Crippen molar-refractivity contribution in [3.05, 3.63) is 29.8 Å². The second-order valence-corrected chi connectivity index (χ2v) is 5.80. The first-order valence-corrected chi connectivity index (χ1v) is 7.56. The first kappa shape index (κ1) is 16.7. The maximum Gasteiger partial charge on any atom is 0.387 e. The lowest BCUT2D eigenvalue weighted by atomic mass is 9.85. The number of carbonyl (C=O) groups is 1. The van der Waals surface area contributed by atoms with E-state index in [1.54, 1.807) is 12.1 Å². The standard InChI is InChI=1S/C16H22F2N2O2/c1-10(11-5-7-14(8-6-11)22-16(17)18)20-15(21)12-3-2-4-13(19)9-12/h5-8,10,12-13,16H,2-4,9,19H2,1H3,(H,20,21). The molecule has 1 aliphatic carbocycles. The molecule has 1 amide bonds. The highest BCUT2D eigenvalue weighted by molar-refractivity contribution is 5.79. The fourth-order valence-electron chi connectivity index (χ4n) is 2.82. The molecular weight excluding hydrogens is 290 g/mol. The summed E-state index contributed by atoms with van der Waals surface area (Å²) in [6.07, 6.45) is 3.55. The Kier molecular flexibility index (Phi) is 5.71. The van der Waals surface area contributed by atoms with E-state index in [-0.39, 0.29) is 29.7 Å². The molecule has 1 saturated carbocycles. The van der Waals surface area contributed by atoms with E-state index in [1.807, 2.05) is 6.92 Å². The highest BCUT2D eigenvalue weighted by Crippen LogP contribution is 2.25. The molecule has 0 bridgehead atoms. The minimum Gasteiger partial charge on any atom is -0.435 e. The fourth-order valence-corrected chi connectivity index (χ4v) is 2.82.